The van der Waals surface area contributed by atoms with E-state index < -0.39 is 4.92 Å². The highest BCUT2D eigenvalue weighted by Crippen LogP contribution is 2.30. The van der Waals surface area contributed by atoms with Crippen molar-refractivity contribution in [3.8, 4) is 0 Å². The second-order valence-electron chi connectivity index (χ2n) is 5.33. The summed E-state index contributed by atoms with van der Waals surface area (Å²) >= 11 is 5.98. The van der Waals surface area contributed by atoms with Crippen LogP contribution in [0.1, 0.15) is 13.8 Å². The molecular weight excluding hydrogens is 344 g/mol. The minimum absolute atomic E-state index is 0.0958. The molecule has 130 valence electrons. The van der Waals surface area contributed by atoms with Crippen LogP contribution < -0.4 is 4.90 Å². The maximum absolute atomic E-state index is 11.3. The van der Waals surface area contributed by atoms with Crippen LogP contribution in [-0.4, -0.2) is 23.8 Å². The third-order valence-electron chi connectivity index (χ3n) is 3.43. The molecule has 0 aliphatic rings. The summed E-state index contributed by atoms with van der Waals surface area (Å²) in [7, 11) is 0. The Balaban J connectivity index is 2.14. The topological polar surface area (TPSA) is 88.2 Å². The molecule has 0 N–H and O–H groups in total. The molecule has 2 aromatic carbocycles. The summed E-state index contributed by atoms with van der Waals surface area (Å²) in [4.78, 5) is 23.4. The van der Waals surface area contributed by atoms with Crippen LogP contribution in [-0.2, 0) is 4.79 Å². The van der Waals surface area contributed by atoms with Gasteiger partial charge in [0, 0.05) is 24.4 Å². The summed E-state index contributed by atoms with van der Waals surface area (Å²) < 4.78 is 0. The van der Waals surface area contributed by atoms with Gasteiger partial charge in [0.25, 0.3) is 5.69 Å². The highest BCUT2D eigenvalue weighted by molar-refractivity contribution is 6.33. The van der Waals surface area contributed by atoms with Gasteiger partial charge in [-0.3, -0.25) is 14.9 Å². The molecule has 0 aromatic heterocycles. The van der Waals surface area contributed by atoms with E-state index in [1.807, 2.05) is 24.0 Å². The predicted molar refractivity (Wildman–Crippen MR) is 97.3 cm³/mol. The van der Waals surface area contributed by atoms with Gasteiger partial charge in [-0.1, -0.05) is 11.6 Å². The Labute approximate surface area is 150 Å². The van der Waals surface area contributed by atoms with Crippen LogP contribution in [0, 0.1) is 10.1 Å². The van der Waals surface area contributed by atoms with Crippen molar-refractivity contribution in [3.05, 3.63) is 57.6 Å². The molecule has 8 heteroatoms. The van der Waals surface area contributed by atoms with Crippen LogP contribution in [0.25, 0.3) is 0 Å². The zero-order chi connectivity index (χ0) is 18.4. The SMILES string of the molecule is CCN(CC(C)=O)c1ccc(N=Nc2ccc([N+](=O)[O-])cc2Cl)cc1. The van der Waals surface area contributed by atoms with Gasteiger partial charge in [-0.15, -0.1) is 5.11 Å². The number of hydrogen-bond acceptors (Lipinski definition) is 6. The van der Waals surface area contributed by atoms with Crippen LogP contribution in [0.4, 0.5) is 22.7 Å². The molecule has 25 heavy (non-hydrogen) atoms. The average molecular weight is 361 g/mol. The van der Waals surface area contributed by atoms with Crippen molar-refractivity contribution >= 4 is 40.1 Å². The van der Waals surface area contributed by atoms with E-state index in [0.717, 1.165) is 12.2 Å². The molecular formula is C17H17ClN4O3. The van der Waals surface area contributed by atoms with Gasteiger partial charge in [-0.25, -0.2) is 0 Å². The molecule has 0 heterocycles. The van der Waals surface area contributed by atoms with Gasteiger partial charge in [0.15, 0.2) is 0 Å². The summed E-state index contributed by atoms with van der Waals surface area (Å²) in [5.74, 6) is 0.0958. The zero-order valence-corrected chi connectivity index (χ0v) is 14.6. The number of nitro groups is 1. The lowest BCUT2D eigenvalue weighted by molar-refractivity contribution is -0.384. The lowest BCUT2D eigenvalue weighted by Gasteiger charge is -2.21. The van der Waals surface area contributed by atoms with E-state index in [-0.39, 0.29) is 16.5 Å². The number of halogens is 1. The third-order valence-corrected chi connectivity index (χ3v) is 3.73. The van der Waals surface area contributed by atoms with Crippen molar-refractivity contribution in [2.45, 2.75) is 13.8 Å². The Morgan fingerprint density at radius 2 is 1.88 bits per heavy atom. The number of rotatable bonds is 7. The third kappa shape index (κ3) is 5.09. The molecule has 0 aliphatic heterocycles. The van der Waals surface area contributed by atoms with E-state index in [0.29, 0.717) is 17.9 Å². The van der Waals surface area contributed by atoms with E-state index in [1.165, 1.54) is 18.2 Å². The molecule has 2 aromatic rings. The van der Waals surface area contributed by atoms with E-state index in [1.54, 1.807) is 19.1 Å². The molecule has 2 rings (SSSR count). The Morgan fingerprint density at radius 1 is 1.20 bits per heavy atom. The fourth-order valence-electron chi connectivity index (χ4n) is 2.19. The summed E-state index contributed by atoms with van der Waals surface area (Å²) in [6.07, 6.45) is 0. The lowest BCUT2D eigenvalue weighted by Crippen LogP contribution is -2.28. The van der Waals surface area contributed by atoms with E-state index >= 15 is 0 Å². The van der Waals surface area contributed by atoms with Gasteiger partial charge in [0.1, 0.15) is 11.5 Å². The van der Waals surface area contributed by atoms with Gasteiger partial charge in [0.2, 0.25) is 0 Å². The molecule has 0 saturated carbocycles. The van der Waals surface area contributed by atoms with Crippen molar-refractivity contribution in [3.63, 3.8) is 0 Å². The largest absolute Gasteiger partial charge is 0.364 e. The maximum Gasteiger partial charge on any atom is 0.271 e. The Morgan fingerprint density at radius 3 is 2.40 bits per heavy atom. The van der Waals surface area contributed by atoms with Crippen molar-refractivity contribution in [1.29, 1.82) is 0 Å². The van der Waals surface area contributed by atoms with Gasteiger partial charge in [0.05, 0.1) is 22.2 Å². The van der Waals surface area contributed by atoms with Crippen LogP contribution in [0.2, 0.25) is 5.02 Å². The first-order chi connectivity index (χ1) is 11.9. The molecule has 0 radical (unpaired) electrons. The average Bonchev–Trinajstić information content (AvgIpc) is 2.58. The molecule has 0 spiro atoms. The fourth-order valence-corrected chi connectivity index (χ4v) is 2.40. The van der Waals surface area contributed by atoms with E-state index in [9.17, 15) is 14.9 Å². The number of nitro benzene ring substituents is 1. The fraction of sp³-hybridized carbons (Fsp3) is 0.235. The van der Waals surface area contributed by atoms with E-state index in [2.05, 4.69) is 10.2 Å². The highest BCUT2D eigenvalue weighted by atomic mass is 35.5. The smallest absolute Gasteiger partial charge is 0.271 e. The van der Waals surface area contributed by atoms with Gasteiger partial charge >= 0.3 is 0 Å². The molecule has 0 atom stereocenters. The quantitative estimate of drug-likeness (QED) is 0.391. The number of likely N-dealkylation sites (N-methyl/N-ethyl adjacent to an activating group) is 1. The Hall–Kier alpha value is -2.80. The second kappa shape index (κ2) is 8.34. The lowest BCUT2D eigenvalue weighted by atomic mass is 10.2. The molecule has 0 amide bonds. The number of Topliss-reactive ketones (excluding diaryl/α,β-unsaturated/α-hetero) is 1. The van der Waals surface area contributed by atoms with Crippen molar-refractivity contribution < 1.29 is 9.72 Å². The molecule has 0 saturated heterocycles. The minimum atomic E-state index is -0.522. The molecule has 7 nitrogen and oxygen atoms in total. The summed E-state index contributed by atoms with van der Waals surface area (Å²) in [6.45, 7) is 4.61. The van der Waals surface area contributed by atoms with Gasteiger partial charge < -0.3 is 4.90 Å². The number of nitrogens with zero attached hydrogens (tertiary/aromatic N) is 4. The number of azo groups is 1. The highest BCUT2D eigenvalue weighted by Gasteiger charge is 2.09. The molecule has 0 fully saturated rings. The van der Waals surface area contributed by atoms with Crippen molar-refractivity contribution in [2.75, 3.05) is 18.0 Å². The minimum Gasteiger partial charge on any atom is -0.364 e. The van der Waals surface area contributed by atoms with Gasteiger partial charge in [-0.05, 0) is 44.2 Å². The first-order valence-electron chi connectivity index (χ1n) is 7.61. The second-order valence-corrected chi connectivity index (χ2v) is 5.73. The maximum atomic E-state index is 11.3. The molecule has 0 bridgehead atoms. The standard InChI is InChI=1S/C17H17ClN4O3/c1-3-21(11-12(2)23)14-6-4-13(5-7-14)19-20-17-9-8-15(22(24)25)10-16(17)18/h4-10H,3,11H2,1-2H3. The number of carbonyl (C=O) groups is 1. The number of non-ortho nitro benzene ring substituents is 1. The van der Waals surface area contributed by atoms with Crippen molar-refractivity contribution in [1.82, 2.24) is 0 Å². The normalized spacial score (nSPS) is 10.8. The van der Waals surface area contributed by atoms with Crippen LogP contribution in [0.5, 0.6) is 0 Å². The molecule has 0 aliphatic carbocycles. The zero-order valence-electron chi connectivity index (χ0n) is 13.8. The number of ketones is 1. The first kappa shape index (κ1) is 18.5. The summed E-state index contributed by atoms with van der Waals surface area (Å²) in [6, 6.07) is 11.3. The summed E-state index contributed by atoms with van der Waals surface area (Å²) in [5.41, 5.74) is 1.78. The Bertz CT molecular complexity index is 806. The molecule has 0 unspecified atom stereocenters. The Kier molecular flexibility index (Phi) is 6.19. The summed E-state index contributed by atoms with van der Waals surface area (Å²) in [5, 5.41) is 19.0. The number of hydrogen-bond donors (Lipinski definition) is 0. The number of anilines is 1. The van der Waals surface area contributed by atoms with Gasteiger partial charge in [-0.2, -0.15) is 5.11 Å². The predicted octanol–water partition coefficient (Wildman–Crippen LogP) is 5.08. The van der Waals surface area contributed by atoms with E-state index in [4.69, 9.17) is 11.6 Å². The van der Waals surface area contributed by atoms with Crippen molar-refractivity contribution in [2.24, 2.45) is 10.2 Å². The van der Waals surface area contributed by atoms with Crippen LogP contribution in [0.3, 0.4) is 0 Å². The number of carbonyl (C=O) groups excluding carboxylic acids is 1. The van der Waals surface area contributed by atoms with Crippen LogP contribution in [0.15, 0.2) is 52.7 Å². The van der Waals surface area contributed by atoms with Crippen LogP contribution >= 0.6 is 11.6 Å². The number of benzene rings is 2. The first-order valence-corrected chi connectivity index (χ1v) is 7.98. The monoisotopic (exact) mass is 360 g/mol.